The van der Waals surface area contributed by atoms with Crippen LogP contribution in [0.4, 0.5) is 5.69 Å². The highest BCUT2D eigenvalue weighted by atomic mass is 35.5. The van der Waals surface area contributed by atoms with Crippen LogP contribution in [0.25, 0.3) is 0 Å². The number of allylic oxidation sites excluding steroid dienone is 2. The molecule has 0 saturated heterocycles. The summed E-state index contributed by atoms with van der Waals surface area (Å²) in [5, 5.41) is 12.7. The largest absolute Gasteiger partial charge is 0.481 e. The summed E-state index contributed by atoms with van der Waals surface area (Å²) in [6, 6.07) is 13.9. The summed E-state index contributed by atoms with van der Waals surface area (Å²) < 4.78 is 5.70. The van der Waals surface area contributed by atoms with Gasteiger partial charge in [-0.2, -0.15) is 0 Å². The number of carboxylic acid groups (broad SMARTS) is 1. The lowest BCUT2D eigenvalue weighted by atomic mass is 9.82. The van der Waals surface area contributed by atoms with Crippen molar-refractivity contribution in [2.45, 2.75) is 12.8 Å². The van der Waals surface area contributed by atoms with Crippen LogP contribution in [0.5, 0.6) is 11.5 Å². The van der Waals surface area contributed by atoms with Gasteiger partial charge in [-0.05, 0) is 61.4 Å². The van der Waals surface area contributed by atoms with E-state index in [1.165, 1.54) is 0 Å². The van der Waals surface area contributed by atoms with Gasteiger partial charge >= 0.3 is 5.97 Å². The zero-order chi connectivity index (χ0) is 18.5. The maximum absolute atomic E-state index is 12.4. The molecule has 1 aliphatic carbocycles. The topological polar surface area (TPSA) is 75.6 Å². The number of nitrogens with one attached hydrogen (secondary N) is 1. The molecule has 0 radical (unpaired) electrons. The molecule has 26 heavy (non-hydrogen) atoms. The summed E-state index contributed by atoms with van der Waals surface area (Å²) >= 11 is 5.84. The minimum Gasteiger partial charge on any atom is -0.481 e. The van der Waals surface area contributed by atoms with Gasteiger partial charge in [-0.1, -0.05) is 23.8 Å². The fraction of sp³-hybridized carbons (Fsp3) is 0.200. The van der Waals surface area contributed by atoms with Crippen LogP contribution in [0.1, 0.15) is 12.8 Å². The van der Waals surface area contributed by atoms with E-state index in [2.05, 4.69) is 5.32 Å². The highest BCUT2D eigenvalue weighted by molar-refractivity contribution is 6.30. The molecule has 1 aliphatic rings. The summed E-state index contributed by atoms with van der Waals surface area (Å²) in [5.74, 6) is -1.21. The Bertz CT molecular complexity index is 815. The summed E-state index contributed by atoms with van der Waals surface area (Å²) in [6.07, 6.45) is 4.47. The second-order valence-electron chi connectivity index (χ2n) is 6.06. The average Bonchev–Trinajstić information content (AvgIpc) is 2.65. The number of halogens is 1. The van der Waals surface area contributed by atoms with E-state index < -0.39 is 17.8 Å². The van der Waals surface area contributed by atoms with E-state index in [1.54, 1.807) is 48.5 Å². The normalized spacial score (nSPS) is 19.0. The Morgan fingerprint density at radius 3 is 2.04 bits per heavy atom. The molecule has 0 saturated carbocycles. The maximum Gasteiger partial charge on any atom is 0.307 e. The molecule has 3 rings (SSSR count). The molecule has 5 nitrogen and oxygen atoms in total. The van der Waals surface area contributed by atoms with Gasteiger partial charge in [0, 0.05) is 10.7 Å². The van der Waals surface area contributed by atoms with Crippen molar-refractivity contribution in [3.8, 4) is 11.5 Å². The summed E-state index contributed by atoms with van der Waals surface area (Å²) in [6.45, 7) is 0. The quantitative estimate of drug-likeness (QED) is 0.744. The molecular formula is C20H18ClNO4. The molecule has 6 heteroatoms. The minimum atomic E-state index is -0.943. The predicted molar refractivity (Wildman–Crippen MR) is 99.6 cm³/mol. The van der Waals surface area contributed by atoms with E-state index in [9.17, 15) is 14.7 Å². The first-order valence-electron chi connectivity index (χ1n) is 8.25. The smallest absolute Gasteiger partial charge is 0.307 e. The van der Waals surface area contributed by atoms with Gasteiger partial charge in [-0.3, -0.25) is 9.59 Å². The van der Waals surface area contributed by atoms with Crippen molar-refractivity contribution >= 4 is 29.2 Å². The van der Waals surface area contributed by atoms with Crippen LogP contribution in [0.2, 0.25) is 5.02 Å². The molecule has 0 fully saturated rings. The Balaban J connectivity index is 1.63. The van der Waals surface area contributed by atoms with Gasteiger partial charge < -0.3 is 15.2 Å². The number of amides is 1. The van der Waals surface area contributed by atoms with E-state index in [0.717, 1.165) is 0 Å². The van der Waals surface area contributed by atoms with Gasteiger partial charge in [0.05, 0.1) is 11.8 Å². The second kappa shape index (κ2) is 8.06. The molecule has 134 valence electrons. The van der Waals surface area contributed by atoms with E-state index in [1.807, 2.05) is 12.2 Å². The zero-order valence-electron chi connectivity index (χ0n) is 13.9. The van der Waals surface area contributed by atoms with Gasteiger partial charge in [0.1, 0.15) is 11.5 Å². The SMILES string of the molecule is O=C(O)[C@@H]1CC=CC[C@H]1C(=O)Nc1ccc(Oc2ccc(Cl)cc2)cc1. The molecule has 0 aromatic heterocycles. The number of benzene rings is 2. The zero-order valence-corrected chi connectivity index (χ0v) is 14.6. The lowest BCUT2D eigenvalue weighted by molar-refractivity contribution is -0.146. The molecule has 0 spiro atoms. The molecule has 2 aromatic rings. The van der Waals surface area contributed by atoms with Crippen molar-refractivity contribution < 1.29 is 19.4 Å². The monoisotopic (exact) mass is 371 g/mol. The number of carboxylic acids is 1. The number of hydrogen-bond acceptors (Lipinski definition) is 3. The van der Waals surface area contributed by atoms with Gasteiger partial charge in [0.25, 0.3) is 0 Å². The van der Waals surface area contributed by atoms with Crippen molar-refractivity contribution in [3.05, 3.63) is 65.7 Å². The lowest BCUT2D eigenvalue weighted by Gasteiger charge is -2.24. The van der Waals surface area contributed by atoms with Gasteiger partial charge in [-0.25, -0.2) is 0 Å². The summed E-state index contributed by atoms with van der Waals surface area (Å²) in [7, 11) is 0. The van der Waals surface area contributed by atoms with Crippen LogP contribution in [0, 0.1) is 11.8 Å². The average molecular weight is 372 g/mol. The third-order valence-corrected chi connectivity index (χ3v) is 4.51. The highest BCUT2D eigenvalue weighted by Gasteiger charge is 2.33. The molecule has 0 bridgehead atoms. The Morgan fingerprint density at radius 1 is 0.923 bits per heavy atom. The maximum atomic E-state index is 12.4. The minimum absolute atomic E-state index is 0.284. The predicted octanol–water partition coefficient (Wildman–Crippen LogP) is 4.74. The first-order valence-corrected chi connectivity index (χ1v) is 8.63. The molecule has 0 heterocycles. The van der Waals surface area contributed by atoms with Crippen LogP contribution in [0.15, 0.2) is 60.7 Å². The number of hydrogen-bond donors (Lipinski definition) is 2. The third-order valence-electron chi connectivity index (χ3n) is 4.26. The molecule has 2 aromatic carbocycles. The molecule has 0 aliphatic heterocycles. The van der Waals surface area contributed by atoms with Crippen LogP contribution in [0.3, 0.4) is 0 Å². The second-order valence-corrected chi connectivity index (χ2v) is 6.50. The molecule has 2 atom stereocenters. The summed E-state index contributed by atoms with van der Waals surface area (Å²) in [4.78, 5) is 23.8. The van der Waals surface area contributed by atoms with E-state index in [0.29, 0.717) is 35.1 Å². The van der Waals surface area contributed by atoms with Crippen LogP contribution in [-0.4, -0.2) is 17.0 Å². The Hall–Kier alpha value is -2.79. The van der Waals surface area contributed by atoms with Crippen molar-refractivity contribution in [1.29, 1.82) is 0 Å². The van der Waals surface area contributed by atoms with Gasteiger partial charge in [0.2, 0.25) is 5.91 Å². The van der Waals surface area contributed by atoms with Crippen LogP contribution < -0.4 is 10.1 Å². The standard InChI is InChI=1S/C20H18ClNO4/c21-13-5-9-15(10-6-13)26-16-11-7-14(8-12-16)22-19(23)17-3-1-2-4-18(17)20(24)25/h1-2,5-12,17-18H,3-4H2,(H,22,23)(H,24,25)/t17-,18-/m1/s1. The first-order chi connectivity index (χ1) is 12.5. The molecule has 1 amide bonds. The number of carbonyl (C=O) groups is 2. The number of aliphatic carboxylic acids is 1. The van der Waals surface area contributed by atoms with Crippen molar-refractivity contribution in [1.82, 2.24) is 0 Å². The highest BCUT2D eigenvalue weighted by Crippen LogP contribution is 2.28. The van der Waals surface area contributed by atoms with Crippen molar-refractivity contribution in [2.75, 3.05) is 5.32 Å². The van der Waals surface area contributed by atoms with Gasteiger partial charge in [-0.15, -0.1) is 0 Å². The van der Waals surface area contributed by atoms with E-state index >= 15 is 0 Å². The van der Waals surface area contributed by atoms with E-state index in [4.69, 9.17) is 16.3 Å². The molecular weight excluding hydrogens is 354 g/mol. The first kappa shape index (κ1) is 18.0. The fourth-order valence-corrected chi connectivity index (χ4v) is 2.98. The Morgan fingerprint density at radius 2 is 1.46 bits per heavy atom. The molecule has 0 unspecified atom stereocenters. The van der Waals surface area contributed by atoms with Gasteiger partial charge in [0.15, 0.2) is 0 Å². The van der Waals surface area contributed by atoms with Crippen molar-refractivity contribution in [2.24, 2.45) is 11.8 Å². The molecule has 2 N–H and O–H groups in total. The Kier molecular flexibility index (Phi) is 5.58. The number of rotatable bonds is 5. The Labute approximate surface area is 156 Å². The number of ether oxygens (including phenoxy) is 1. The van der Waals surface area contributed by atoms with Crippen LogP contribution in [-0.2, 0) is 9.59 Å². The van der Waals surface area contributed by atoms with Crippen molar-refractivity contribution in [3.63, 3.8) is 0 Å². The number of carbonyl (C=O) groups excluding carboxylic acids is 1. The summed E-state index contributed by atoms with van der Waals surface area (Å²) in [5.41, 5.74) is 0.595. The lowest BCUT2D eigenvalue weighted by Crippen LogP contribution is -2.34. The van der Waals surface area contributed by atoms with Crippen LogP contribution >= 0.6 is 11.6 Å². The third kappa shape index (κ3) is 4.43. The van der Waals surface area contributed by atoms with E-state index in [-0.39, 0.29) is 5.91 Å². The fourth-order valence-electron chi connectivity index (χ4n) is 2.86. The number of anilines is 1.